The lowest BCUT2D eigenvalue weighted by atomic mass is 9.85. The molecule has 0 aliphatic heterocycles. The predicted molar refractivity (Wildman–Crippen MR) is 84.6 cm³/mol. The number of nitrogens with one attached hydrogen (secondary N) is 1. The molecule has 1 aromatic heterocycles. The number of nitrogens with zero attached hydrogens (tertiary/aromatic N) is 3. The summed E-state index contributed by atoms with van der Waals surface area (Å²) in [6.45, 7) is 18.9. The van der Waals surface area contributed by atoms with Crippen LogP contribution in [0.3, 0.4) is 0 Å². The van der Waals surface area contributed by atoms with Gasteiger partial charge in [-0.25, -0.2) is 9.67 Å². The molecular weight excluding hydrogens is 248 g/mol. The predicted octanol–water partition coefficient (Wildman–Crippen LogP) is 3.06. The van der Waals surface area contributed by atoms with E-state index >= 15 is 0 Å². The molecule has 1 rings (SSSR count). The van der Waals surface area contributed by atoms with Gasteiger partial charge in [-0.05, 0) is 26.7 Å². The van der Waals surface area contributed by atoms with Crippen LogP contribution in [0, 0.1) is 11.3 Å². The number of hydrogen-bond acceptors (Lipinski definition) is 3. The highest BCUT2D eigenvalue weighted by Crippen LogP contribution is 2.23. The smallest absolute Gasteiger partial charge is 0.138 e. The Balaban J connectivity index is 2.77. The maximum atomic E-state index is 4.42. The Bertz CT molecular complexity index is 428. The van der Waals surface area contributed by atoms with Crippen molar-refractivity contribution in [1.82, 2.24) is 20.1 Å². The Morgan fingerprint density at radius 1 is 1.35 bits per heavy atom. The van der Waals surface area contributed by atoms with E-state index in [1.54, 1.807) is 6.33 Å². The van der Waals surface area contributed by atoms with Gasteiger partial charge in [0.2, 0.25) is 0 Å². The average Bonchev–Trinajstić information content (AvgIpc) is 2.72. The fourth-order valence-corrected chi connectivity index (χ4v) is 1.96. The summed E-state index contributed by atoms with van der Waals surface area (Å²) >= 11 is 0. The van der Waals surface area contributed by atoms with Gasteiger partial charge in [0.25, 0.3) is 0 Å². The van der Waals surface area contributed by atoms with Gasteiger partial charge in [-0.1, -0.05) is 26.8 Å². The van der Waals surface area contributed by atoms with Crippen molar-refractivity contribution in [2.45, 2.75) is 60.0 Å². The molecule has 0 amide bonds. The molecule has 0 spiro atoms. The molecule has 0 radical (unpaired) electrons. The first kappa shape index (κ1) is 16.9. The van der Waals surface area contributed by atoms with Crippen molar-refractivity contribution in [1.29, 1.82) is 0 Å². The van der Waals surface area contributed by atoms with E-state index in [-0.39, 0.29) is 11.0 Å². The summed E-state index contributed by atoms with van der Waals surface area (Å²) in [5.41, 5.74) is 0.0882. The zero-order chi connectivity index (χ0) is 15.4. The van der Waals surface area contributed by atoms with Gasteiger partial charge in [-0.15, -0.1) is 6.58 Å². The number of aromatic nitrogens is 3. The zero-order valence-corrected chi connectivity index (χ0v) is 13.9. The van der Waals surface area contributed by atoms with Gasteiger partial charge in [-0.2, -0.15) is 5.10 Å². The van der Waals surface area contributed by atoms with E-state index in [0.29, 0.717) is 5.92 Å². The highest BCUT2D eigenvalue weighted by molar-refractivity contribution is 5.02. The Kier molecular flexibility index (Phi) is 5.51. The number of hydrogen-bond donors (Lipinski definition) is 1. The molecule has 4 nitrogen and oxygen atoms in total. The molecular formula is C16H30N4. The summed E-state index contributed by atoms with van der Waals surface area (Å²) in [6, 6.07) is 0. The van der Waals surface area contributed by atoms with Crippen molar-refractivity contribution < 1.29 is 0 Å². The molecule has 1 aromatic rings. The lowest BCUT2D eigenvalue weighted by Crippen LogP contribution is -2.43. The van der Waals surface area contributed by atoms with E-state index in [1.165, 1.54) is 0 Å². The Hall–Kier alpha value is -1.16. The number of rotatable bonds is 7. The maximum Gasteiger partial charge on any atom is 0.138 e. The van der Waals surface area contributed by atoms with E-state index in [1.807, 2.05) is 10.8 Å². The summed E-state index contributed by atoms with van der Waals surface area (Å²) in [5, 5.41) is 7.89. The summed E-state index contributed by atoms with van der Waals surface area (Å²) in [7, 11) is 0. The van der Waals surface area contributed by atoms with Gasteiger partial charge in [0.1, 0.15) is 12.2 Å². The van der Waals surface area contributed by atoms with Gasteiger partial charge in [0, 0.05) is 30.5 Å². The van der Waals surface area contributed by atoms with Crippen molar-refractivity contribution in [2.24, 2.45) is 11.3 Å². The molecule has 4 heteroatoms. The first-order chi connectivity index (χ1) is 9.15. The average molecular weight is 278 g/mol. The molecule has 0 saturated carbocycles. The molecule has 0 aromatic carbocycles. The monoisotopic (exact) mass is 278 g/mol. The van der Waals surface area contributed by atoms with E-state index < -0.39 is 0 Å². The molecule has 1 unspecified atom stereocenters. The normalized spacial score (nSPS) is 15.3. The van der Waals surface area contributed by atoms with Crippen molar-refractivity contribution in [3.8, 4) is 0 Å². The molecule has 1 heterocycles. The van der Waals surface area contributed by atoms with E-state index in [2.05, 4.69) is 63.5 Å². The fourth-order valence-electron chi connectivity index (χ4n) is 1.96. The third-order valence-electron chi connectivity index (χ3n) is 3.31. The first-order valence-electron chi connectivity index (χ1n) is 7.40. The van der Waals surface area contributed by atoms with Crippen molar-refractivity contribution >= 4 is 0 Å². The van der Waals surface area contributed by atoms with Gasteiger partial charge in [0.15, 0.2) is 0 Å². The van der Waals surface area contributed by atoms with Crippen LogP contribution in [0.15, 0.2) is 19.0 Å². The summed E-state index contributed by atoms with van der Waals surface area (Å²) in [6.07, 6.45) is 4.53. The van der Waals surface area contributed by atoms with E-state index in [4.69, 9.17) is 0 Å². The van der Waals surface area contributed by atoms with Gasteiger partial charge < -0.3 is 5.32 Å². The van der Waals surface area contributed by atoms with Crippen LogP contribution in [-0.2, 0) is 13.0 Å². The zero-order valence-electron chi connectivity index (χ0n) is 13.9. The van der Waals surface area contributed by atoms with Crippen molar-refractivity contribution in [2.75, 3.05) is 6.54 Å². The molecule has 114 valence electrons. The molecule has 0 aliphatic rings. The Labute approximate surface area is 123 Å². The van der Waals surface area contributed by atoms with Gasteiger partial charge in [-0.3, -0.25) is 0 Å². The van der Waals surface area contributed by atoms with Crippen LogP contribution in [0.5, 0.6) is 0 Å². The van der Waals surface area contributed by atoms with Crippen LogP contribution in [-0.4, -0.2) is 26.8 Å². The van der Waals surface area contributed by atoms with Crippen LogP contribution in [0.4, 0.5) is 0 Å². The van der Waals surface area contributed by atoms with Gasteiger partial charge in [0.05, 0.1) is 0 Å². The lowest BCUT2D eigenvalue weighted by molar-refractivity contribution is 0.312. The Morgan fingerprint density at radius 3 is 2.50 bits per heavy atom. The summed E-state index contributed by atoms with van der Waals surface area (Å²) in [4.78, 5) is 4.42. The molecule has 1 N–H and O–H groups in total. The maximum absolute atomic E-state index is 4.42. The fraction of sp³-hybridized carbons (Fsp3) is 0.750. The minimum Gasteiger partial charge on any atom is -0.311 e. The third-order valence-corrected chi connectivity index (χ3v) is 3.31. The van der Waals surface area contributed by atoms with Crippen LogP contribution in [0.25, 0.3) is 0 Å². The topological polar surface area (TPSA) is 42.7 Å². The van der Waals surface area contributed by atoms with E-state index in [0.717, 1.165) is 25.3 Å². The molecule has 0 saturated heterocycles. The second-order valence-electron chi connectivity index (χ2n) is 7.39. The summed E-state index contributed by atoms with van der Waals surface area (Å²) in [5.74, 6) is 1.61. The Morgan fingerprint density at radius 2 is 2.00 bits per heavy atom. The molecule has 1 atom stereocenters. The van der Waals surface area contributed by atoms with Crippen LogP contribution < -0.4 is 5.32 Å². The quantitative estimate of drug-likeness (QED) is 0.780. The minimum absolute atomic E-state index is 0.0188. The second kappa shape index (κ2) is 6.53. The molecule has 0 aliphatic carbocycles. The largest absolute Gasteiger partial charge is 0.311 e. The highest BCUT2D eigenvalue weighted by Gasteiger charge is 2.25. The van der Waals surface area contributed by atoms with Crippen LogP contribution >= 0.6 is 0 Å². The summed E-state index contributed by atoms with van der Waals surface area (Å²) < 4.78 is 2.02. The standard InChI is InChI=1S/C16H30N4/c1-8-16(7,11-18-15(4,5)6)9-14-17-12-19-20(14)10-13(2)3/h8,12-13,18H,1,9-11H2,2-7H3. The molecule has 0 bridgehead atoms. The molecule has 20 heavy (non-hydrogen) atoms. The third kappa shape index (κ3) is 5.45. The lowest BCUT2D eigenvalue weighted by Gasteiger charge is -2.31. The van der Waals surface area contributed by atoms with Crippen molar-refractivity contribution in [3.63, 3.8) is 0 Å². The van der Waals surface area contributed by atoms with Crippen LogP contribution in [0.1, 0.15) is 47.4 Å². The highest BCUT2D eigenvalue weighted by atomic mass is 15.3. The van der Waals surface area contributed by atoms with E-state index in [9.17, 15) is 0 Å². The minimum atomic E-state index is -0.0188. The molecule has 0 fully saturated rings. The van der Waals surface area contributed by atoms with Gasteiger partial charge >= 0.3 is 0 Å². The SMILES string of the molecule is C=CC(C)(CNC(C)(C)C)Cc1ncnn1CC(C)C. The second-order valence-corrected chi connectivity index (χ2v) is 7.39. The van der Waals surface area contributed by atoms with Crippen molar-refractivity contribution in [3.05, 3.63) is 24.8 Å². The van der Waals surface area contributed by atoms with Crippen LogP contribution in [0.2, 0.25) is 0 Å². The first-order valence-corrected chi connectivity index (χ1v) is 7.40.